The molecule has 0 aliphatic heterocycles. The van der Waals surface area contributed by atoms with Crippen LogP contribution in [0.3, 0.4) is 0 Å². The summed E-state index contributed by atoms with van der Waals surface area (Å²) in [5.41, 5.74) is 1.28. The van der Waals surface area contributed by atoms with Crippen molar-refractivity contribution in [3.8, 4) is 0 Å². The molecule has 1 aromatic carbocycles. The summed E-state index contributed by atoms with van der Waals surface area (Å²) in [5, 5.41) is 9.67. The molecule has 0 radical (unpaired) electrons. The summed E-state index contributed by atoms with van der Waals surface area (Å²) in [6.07, 6.45) is 2.02. The maximum Gasteiger partial charge on any atom is 0.191 e. The monoisotopic (exact) mass is 261 g/mol. The first-order valence-electron chi connectivity index (χ1n) is 6.44. The average Bonchev–Trinajstić information content (AvgIpc) is 2.79. The molecule has 1 aromatic heterocycles. The number of hydrogen-bond donors (Lipinski definition) is 0. The topological polar surface area (TPSA) is 30.7 Å². The van der Waals surface area contributed by atoms with Crippen LogP contribution in [0.25, 0.3) is 0 Å². The molecule has 18 heavy (non-hydrogen) atoms. The van der Waals surface area contributed by atoms with E-state index in [4.69, 9.17) is 0 Å². The quantitative estimate of drug-likeness (QED) is 0.747. The lowest BCUT2D eigenvalue weighted by Gasteiger charge is -2.06. The first-order valence-corrected chi connectivity index (χ1v) is 7.42. The SMILES string of the molecule is CCCSc1nnc(Cc2ccccc2)n1CC. The first kappa shape index (κ1) is 13.1. The van der Waals surface area contributed by atoms with Crippen LogP contribution in [0.15, 0.2) is 35.5 Å². The molecular weight excluding hydrogens is 242 g/mol. The highest BCUT2D eigenvalue weighted by Crippen LogP contribution is 2.19. The third-order valence-corrected chi connectivity index (χ3v) is 3.92. The Morgan fingerprint density at radius 2 is 1.89 bits per heavy atom. The summed E-state index contributed by atoms with van der Waals surface area (Å²) in [6.45, 7) is 5.26. The minimum Gasteiger partial charge on any atom is -0.306 e. The zero-order chi connectivity index (χ0) is 12.8. The number of aromatic nitrogens is 3. The Balaban J connectivity index is 2.15. The van der Waals surface area contributed by atoms with Crippen LogP contribution >= 0.6 is 11.8 Å². The van der Waals surface area contributed by atoms with E-state index in [0.29, 0.717) is 0 Å². The summed E-state index contributed by atoms with van der Waals surface area (Å²) >= 11 is 1.79. The third-order valence-electron chi connectivity index (χ3n) is 2.75. The molecule has 4 heteroatoms. The standard InChI is InChI=1S/C14H19N3S/c1-3-10-18-14-16-15-13(17(14)4-2)11-12-8-6-5-7-9-12/h5-9H,3-4,10-11H2,1-2H3. The Hall–Kier alpha value is -1.29. The van der Waals surface area contributed by atoms with Gasteiger partial charge in [0.05, 0.1) is 0 Å². The van der Waals surface area contributed by atoms with Gasteiger partial charge in [0, 0.05) is 18.7 Å². The highest BCUT2D eigenvalue weighted by Gasteiger charge is 2.10. The molecule has 1 heterocycles. The van der Waals surface area contributed by atoms with Gasteiger partial charge in [-0.2, -0.15) is 0 Å². The van der Waals surface area contributed by atoms with Crippen molar-refractivity contribution in [3.63, 3.8) is 0 Å². The molecule has 0 bridgehead atoms. The van der Waals surface area contributed by atoms with Gasteiger partial charge in [0.15, 0.2) is 5.16 Å². The first-order chi connectivity index (χ1) is 8.85. The Morgan fingerprint density at radius 3 is 2.56 bits per heavy atom. The van der Waals surface area contributed by atoms with Crippen LogP contribution in [0.1, 0.15) is 31.7 Å². The van der Waals surface area contributed by atoms with E-state index in [0.717, 1.165) is 36.1 Å². The van der Waals surface area contributed by atoms with Crippen LogP contribution in [0.4, 0.5) is 0 Å². The van der Waals surface area contributed by atoms with Crippen molar-refractivity contribution >= 4 is 11.8 Å². The molecule has 0 spiro atoms. The van der Waals surface area contributed by atoms with Crippen LogP contribution in [-0.4, -0.2) is 20.5 Å². The number of rotatable bonds is 6. The third kappa shape index (κ3) is 3.13. The molecule has 3 nitrogen and oxygen atoms in total. The molecule has 0 aliphatic carbocycles. The van der Waals surface area contributed by atoms with Crippen LogP contribution in [-0.2, 0) is 13.0 Å². The molecule has 0 N–H and O–H groups in total. The van der Waals surface area contributed by atoms with Gasteiger partial charge in [-0.1, -0.05) is 49.0 Å². The van der Waals surface area contributed by atoms with Crippen LogP contribution < -0.4 is 0 Å². The molecule has 0 aliphatic rings. The van der Waals surface area contributed by atoms with Crippen molar-refractivity contribution in [2.75, 3.05) is 5.75 Å². The van der Waals surface area contributed by atoms with Crippen LogP contribution in [0, 0.1) is 0 Å². The van der Waals surface area contributed by atoms with E-state index in [1.807, 2.05) is 6.07 Å². The molecule has 0 fully saturated rings. The van der Waals surface area contributed by atoms with Crippen LogP contribution in [0.5, 0.6) is 0 Å². The van der Waals surface area contributed by atoms with Gasteiger partial charge < -0.3 is 4.57 Å². The van der Waals surface area contributed by atoms with E-state index in [1.165, 1.54) is 5.56 Å². The molecule has 0 unspecified atom stereocenters. The van der Waals surface area contributed by atoms with E-state index < -0.39 is 0 Å². The molecule has 0 saturated carbocycles. The van der Waals surface area contributed by atoms with Gasteiger partial charge >= 0.3 is 0 Å². The van der Waals surface area contributed by atoms with E-state index >= 15 is 0 Å². The van der Waals surface area contributed by atoms with E-state index in [2.05, 4.69) is 52.9 Å². The molecule has 0 atom stereocenters. The number of benzene rings is 1. The molecular formula is C14H19N3S. The van der Waals surface area contributed by atoms with E-state index in [1.54, 1.807) is 11.8 Å². The molecule has 0 saturated heterocycles. The summed E-state index contributed by atoms with van der Waals surface area (Å²) in [5.74, 6) is 2.16. The molecule has 2 aromatic rings. The Labute approximate surface area is 113 Å². The molecule has 0 amide bonds. The fourth-order valence-electron chi connectivity index (χ4n) is 1.85. The van der Waals surface area contributed by atoms with Gasteiger partial charge in [-0.15, -0.1) is 10.2 Å². The summed E-state index contributed by atoms with van der Waals surface area (Å²) in [6, 6.07) is 10.4. The van der Waals surface area contributed by atoms with Gasteiger partial charge in [0.1, 0.15) is 5.82 Å². The fraction of sp³-hybridized carbons (Fsp3) is 0.429. The minimum atomic E-state index is 0.856. The van der Waals surface area contributed by atoms with E-state index in [-0.39, 0.29) is 0 Å². The smallest absolute Gasteiger partial charge is 0.191 e. The zero-order valence-corrected chi connectivity index (χ0v) is 11.8. The second-order valence-electron chi connectivity index (χ2n) is 4.15. The molecule has 96 valence electrons. The fourth-order valence-corrected chi connectivity index (χ4v) is 2.72. The van der Waals surface area contributed by atoms with Gasteiger partial charge in [-0.3, -0.25) is 0 Å². The van der Waals surface area contributed by atoms with Gasteiger partial charge in [-0.05, 0) is 18.9 Å². The Kier molecular flexibility index (Phi) is 4.81. The van der Waals surface area contributed by atoms with Crippen molar-refractivity contribution < 1.29 is 0 Å². The van der Waals surface area contributed by atoms with Crippen molar-refractivity contribution in [2.45, 2.75) is 38.4 Å². The van der Waals surface area contributed by atoms with Gasteiger partial charge in [0.2, 0.25) is 0 Å². The number of nitrogens with zero attached hydrogens (tertiary/aromatic N) is 3. The van der Waals surface area contributed by atoms with Crippen molar-refractivity contribution in [1.29, 1.82) is 0 Å². The molecule has 2 rings (SSSR count). The highest BCUT2D eigenvalue weighted by atomic mass is 32.2. The predicted octanol–water partition coefficient (Wildman–Crippen LogP) is 3.39. The Morgan fingerprint density at radius 1 is 1.11 bits per heavy atom. The van der Waals surface area contributed by atoms with E-state index in [9.17, 15) is 0 Å². The lowest BCUT2D eigenvalue weighted by Crippen LogP contribution is -2.04. The minimum absolute atomic E-state index is 0.856. The van der Waals surface area contributed by atoms with Crippen molar-refractivity contribution in [1.82, 2.24) is 14.8 Å². The van der Waals surface area contributed by atoms with Crippen molar-refractivity contribution in [3.05, 3.63) is 41.7 Å². The summed E-state index contributed by atoms with van der Waals surface area (Å²) in [4.78, 5) is 0. The maximum absolute atomic E-state index is 4.33. The normalized spacial score (nSPS) is 10.8. The second kappa shape index (κ2) is 6.59. The second-order valence-corrected chi connectivity index (χ2v) is 5.22. The summed E-state index contributed by atoms with van der Waals surface area (Å²) in [7, 11) is 0. The number of hydrogen-bond acceptors (Lipinski definition) is 3. The lowest BCUT2D eigenvalue weighted by atomic mass is 10.1. The lowest BCUT2D eigenvalue weighted by molar-refractivity contribution is 0.651. The Bertz CT molecular complexity index is 479. The highest BCUT2D eigenvalue weighted by molar-refractivity contribution is 7.99. The number of thioether (sulfide) groups is 1. The summed E-state index contributed by atoms with van der Waals surface area (Å²) < 4.78 is 2.22. The zero-order valence-electron chi connectivity index (χ0n) is 11.0. The maximum atomic E-state index is 4.33. The van der Waals surface area contributed by atoms with Gasteiger partial charge in [0.25, 0.3) is 0 Å². The van der Waals surface area contributed by atoms with Gasteiger partial charge in [-0.25, -0.2) is 0 Å². The largest absolute Gasteiger partial charge is 0.306 e. The van der Waals surface area contributed by atoms with Crippen molar-refractivity contribution in [2.24, 2.45) is 0 Å². The predicted molar refractivity (Wildman–Crippen MR) is 76.0 cm³/mol. The van der Waals surface area contributed by atoms with Crippen LogP contribution in [0.2, 0.25) is 0 Å². The average molecular weight is 261 g/mol.